The molecule has 0 atom stereocenters. The second-order valence-corrected chi connectivity index (χ2v) is 3.62. The van der Waals surface area contributed by atoms with Gasteiger partial charge in [-0.25, -0.2) is 4.98 Å². The van der Waals surface area contributed by atoms with Crippen LogP contribution in [0, 0.1) is 18.6 Å². The van der Waals surface area contributed by atoms with Gasteiger partial charge in [0.15, 0.2) is 10.4 Å². The second-order valence-electron chi connectivity index (χ2n) is 3.23. The molecule has 0 aliphatic heterocycles. The number of nitrogens with zero attached hydrogens (tertiary/aromatic N) is 2. The summed E-state index contributed by atoms with van der Waals surface area (Å²) in [6.45, 7) is 3.90. The van der Waals surface area contributed by atoms with Crippen LogP contribution in [-0.4, -0.2) is 15.0 Å². The van der Waals surface area contributed by atoms with E-state index in [0.29, 0.717) is 16.2 Å². The molecule has 2 aromatic heterocycles. The maximum Gasteiger partial charge on any atom is 0.200 e. The van der Waals surface area contributed by atoms with Gasteiger partial charge >= 0.3 is 0 Å². The molecule has 2 rings (SSSR count). The average Bonchev–Trinajstić information content (AvgIpc) is 1.99. The molecule has 0 spiro atoms. The van der Waals surface area contributed by atoms with Crippen LogP contribution in [0.5, 0.6) is 0 Å². The highest BCUT2D eigenvalue weighted by Gasteiger charge is 2.05. The number of hydrogen-bond donors (Lipinski definition) is 2. The third-order valence-corrected chi connectivity index (χ3v) is 2.24. The minimum Gasteiger partial charge on any atom is -0.385 e. The SMILES string of the molecule is Cc1cc(C)c2c(N)[nH]c(=S)nc2n1. The van der Waals surface area contributed by atoms with E-state index in [2.05, 4.69) is 15.0 Å². The number of aromatic nitrogens is 3. The maximum absolute atomic E-state index is 5.81. The van der Waals surface area contributed by atoms with Crippen molar-refractivity contribution in [3.8, 4) is 0 Å². The van der Waals surface area contributed by atoms with Gasteiger partial charge in [-0.3, -0.25) is 0 Å². The number of aromatic amines is 1. The fourth-order valence-electron chi connectivity index (χ4n) is 1.53. The Hall–Kier alpha value is -1.49. The van der Waals surface area contributed by atoms with Crippen molar-refractivity contribution in [3.63, 3.8) is 0 Å². The van der Waals surface area contributed by atoms with Gasteiger partial charge in [-0.15, -0.1) is 0 Å². The van der Waals surface area contributed by atoms with E-state index in [9.17, 15) is 0 Å². The van der Waals surface area contributed by atoms with Crippen LogP contribution in [0.25, 0.3) is 11.0 Å². The molecule has 0 amide bonds. The molecule has 0 saturated heterocycles. The first-order valence-electron chi connectivity index (χ1n) is 4.21. The Labute approximate surface area is 86.2 Å². The first kappa shape index (κ1) is 9.08. The van der Waals surface area contributed by atoms with E-state index < -0.39 is 0 Å². The highest BCUT2D eigenvalue weighted by atomic mass is 32.1. The molecular formula is C9H10N4S. The molecule has 0 aliphatic carbocycles. The summed E-state index contributed by atoms with van der Waals surface area (Å²) in [6.07, 6.45) is 0. The van der Waals surface area contributed by atoms with E-state index in [4.69, 9.17) is 18.0 Å². The molecule has 72 valence electrons. The lowest BCUT2D eigenvalue weighted by Gasteiger charge is -2.04. The van der Waals surface area contributed by atoms with E-state index in [1.807, 2.05) is 19.9 Å². The van der Waals surface area contributed by atoms with E-state index in [1.165, 1.54) is 0 Å². The predicted octanol–water partition coefficient (Wildman–Crippen LogP) is 1.89. The van der Waals surface area contributed by atoms with Crippen LogP contribution in [0.4, 0.5) is 5.82 Å². The summed E-state index contributed by atoms with van der Waals surface area (Å²) in [5.41, 5.74) is 8.40. The number of rotatable bonds is 0. The van der Waals surface area contributed by atoms with Crippen molar-refractivity contribution >= 4 is 29.1 Å². The molecule has 0 radical (unpaired) electrons. The van der Waals surface area contributed by atoms with Gasteiger partial charge in [-0.2, -0.15) is 4.98 Å². The number of aryl methyl sites for hydroxylation is 2. The summed E-state index contributed by atoms with van der Waals surface area (Å²) in [5, 5.41) is 0.851. The number of nitrogen functional groups attached to an aromatic ring is 1. The van der Waals surface area contributed by atoms with Gasteiger partial charge in [0, 0.05) is 5.69 Å². The molecular weight excluding hydrogens is 196 g/mol. The Morgan fingerprint density at radius 3 is 2.79 bits per heavy atom. The summed E-state index contributed by atoms with van der Waals surface area (Å²) in [6, 6.07) is 1.97. The van der Waals surface area contributed by atoms with Crippen molar-refractivity contribution in [2.24, 2.45) is 0 Å². The number of pyridine rings is 1. The topological polar surface area (TPSA) is 67.6 Å². The highest BCUT2D eigenvalue weighted by Crippen LogP contribution is 2.20. The van der Waals surface area contributed by atoms with Crippen LogP contribution in [0.3, 0.4) is 0 Å². The third-order valence-electron chi connectivity index (χ3n) is 2.04. The zero-order chi connectivity index (χ0) is 10.3. The van der Waals surface area contributed by atoms with E-state index >= 15 is 0 Å². The molecule has 0 aromatic carbocycles. The van der Waals surface area contributed by atoms with Gasteiger partial charge in [0.05, 0.1) is 5.39 Å². The van der Waals surface area contributed by atoms with Crippen LogP contribution in [0.1, 0.15) is 11.3 Å². The number of nitrogens with one attached hydrogen (secondary N) is 1. The van der Waals surface area contributed by atoms with E-state index in [-0.39, 0.29) is 0 Å². The molecule has 0 aliphatic rings. The molecule has 4 nitrogen and oxygen atoms in total. The van der Waals surface area contributed by atoms with Crippen molar-refractivity contribution in [1.29, 1.82) is 0 Å². The Balaban J connectivity index is 3.01. The van der Waals surface area contributed by atoms with Gasteiger partial charge in [-0.1, -0.05) is 0 Å². The molecule has 2 aromatic rings. The smallest absolute Gasteiger partial charge is 0.200 e. The highest BCUT2D eigenvalue weighted by molar-refractivity contribution is 7.71. The molecule has 5 heteroatoms. The molecule has 3 N–H and O–H groups in total. The summed E-state index contributed by atoms with van der Waals surface area (Å²) < 4.78 is 0.368. The van der Waals surface area contributed by atoms with Gasteiger partial charge in [0.2, 0.25) is 0 Å². The van der Waals surface area contributed by atoms with Gasteiger partial charge < -0.3 is 10.7 Å². The standard InChI is InChI=1S/C9H10N4S/c1-4-3-5(2)11-8-6(4)7(10)12-9(14)13-8/h3H,1-2H3,(H3,10,11,12,13,14). The number of fused-ring (bicyclic) bond motifs is 1. The Morgan fingerprint density at radius 2 is 2.07 bits per heavy atom. The van der Waals surface area contributed by atoms with Crippen LogP contribution in [0.15, 0.2) is 6.07 Å². The molecule has 2 heterocycles. The largest absolute Gasteiger partial charge is 0.385 e. The predicted molar refractivity (Wildman–Crippen MR) is 58.6 cm³/mol. The molecule has 0 unspecified atom stereocenters. The summed E-state index contributed by atoms with van der Waals surface area (Å²) in [5.74, 6) is 0.532. The Bertz CT molecular complexity index is 558. The van der Waals surface area contributed by atoms with Crippen molar-refractivity contribution in [2.75, 3.05) is 5.73 Å². The average molecular weight is 206 g/mol. The van der Waals surface area contributed by atoms with Crippen LogP contribution < -0.4 is 5.73 Å². The fourth-order valence-corrected chi connectivity index (χ4v) is 1.73. The fraction of sp³-hybridized carbons (Fsp3) is 0.222. The van der Waals surface area contributed by atoms with Crippen molar-refractivity contribution in [3.05, 3.63) is 22.1 Å². The number of hydrogen-bond acceptors (Lipinski definition) is 4. The zero-order valence-electron chi connectivity index (χ0n) is 7.96. The van der Waals surface area contributed by atoms with E-state index in [0.717, 1.165) is 16.6 Å². The number of H-pyrrole nitrogens is 1. The number of nitrogens with two attached hydrogens (primary N) is 1. The lowest BCUT2D eigenvalue weighted by atomic mass is 10.1. The summed E-state index contributed by atoms with van der Waals surface area (Å²) in [4.78, 5) is 11.2. The normalized spacial score (nSPS) is 10.7. The third kappa shape index (κ3) is 1.35. The molecule has 0 bridgehead atoms. The van der Waals surface area contributed by atoms with Crippen LogP contribution in [0.2, 0.25) is 0 Å². The van der Waals surface area contributed by atoms with Crippen molar-refractivity contribution in [1.82, 2.24) is 15.0 Å². The van der Waals surface area contributed by atoms with Crippen LogP contribution >= 0.6 is 12.2 Å². The van der Waals surface area contributed by atoms with Crippen molar-refractivity contribution in [2.45, 2.75) is 13.8 Å². The lowest BCUT2D eigenvalue weighted by molar-refractivity contribution is 1.12. The number of anilines is 1. The molecule has 14 heavy (non-hydrogen) atoms. The summed E-state index contributed by atoms with van der Waals surface area (Å²) >= 11 is 4.93. The van der Waals surface area contributed by atoms with Crippen molar-refractivity contribution < 1.29 is 0 Å². The lowest BCUT2D eigenvalue weighted by Crippen LogP contribution is -1.99. The molecule has 0 saturated carbocycles. The maximum atomic E-state index is 5.81. The molecule has 0 fully saturated rings. The second kappa shape index (κ2) is 3.02. The Morgan fingerprint density at radius 1 is 1.36 bits per heavy atom. The quantitative estimate of drug-likeness (QED) is 0.646. The van der Waals surface area contributed by atoms with Gasteiger partial charge in [0.1, 0.15) is 5.82 Å². The van der Waals surface area contributed by atoms with Crippen LogP contribution in [-0.2, 0) is 0 Å². The minimum absolute atomic E-state index is 0.368. The first-order chi connectivity index (χ1) is 6.58. The monoisotopic (exact) mass is 206 g/mol. The van der Waals surface area contributed by atoms with E-state index in [1.54, 1.807) is 0 Å². The Kier molecular flexibility index (Phi) is 1.96. The first-order valence-corrected chi connectivity index (χ1v) is 4.62. The summed E-state index contributed by atoms with van der Waals surface area (Å²) in [7, 11) is 0. The van der Waals surface area contributed by atoms with Gasteiger partial charge in [0.25, 0.3) is 0 Å². The van der Waals surface area contributed by atoms with Gasteiger partial charge in [-0.05, 0) is 37.7 Å². The zero-order valence-corrected chi connectivity index (χ0v) is 8.77. The minimum atomic E-state index is 0.368.